The van der Waals surface area contributed by atoms with Crippen molar-refractivity contribution < 1.29 is 23.2 Å². The van der Waals surface area contributed by atoms with Gasteiger partial charge in [0.15, 0.2) is 11.6 Å². The first kappa shape index (κ1) is 15.3. The van der Waals surface area contributed by atoms with Crippen molar-refractivity contribution in [3.8, 4) is 0 Å². The van der Waals surface area contributed by atoms with Crippen LogP contribution in [0.1, 0.15) is 10.4 Å². The minimum Gasteiger partial charge on any atom is -0.398 e. The van der Waals surface area contributed by atoms with E-state index in [1.807, 2.05) is 0 Å². The topological polar surface area (TPSA) is 133 Å². The molecule has 1 aromatic carbocycles. The number of rotatable bonds is 5. The van der Waals surface area contributed by atoms with Crippen LogP contribution in [-0.4, -0.2) is 35.7 Å². The summed E-state index contributed by atoms with van der Waals surface area (Å²) in [6, 6.07) is 1.19. The van der Waals surface area contributed by atoms with Crippen molar-refractivity contribution in [3.63, 3.8) is 0 Å². The maximum absolute atomic E-state index is 13.1. The maximum atomic E-state index is 13.1. The summed E-state index contributed by atoms with van der Waals surface area (Å²) in [5.74, 6) is -5.28. The molecule has 0 saturated heterocycles. The lowest BCUT2D eigenvalue weighted by Crippen LogP contribution is -2.43. The van der Waals surface area contributed by atoms with Gasteiger partial charge in [-0.05, 0) is 6.07 Å². The summed E-state index contributed by atoms with van der Waals surface area (Å²) in [5, 5.41) is 0. The largest absolute Gasteiger partial charge is 0.398 e. The second-order valence-electron chi connectivity index (χ2n) is 3.95. The molecule has 0 aromatic heterocycles. The molecule has 1 aromatic rings. The molecular weight excluding hydrogens is 274 g/mol. The highest BCUT2D eigenvalue weighted by Crippen LogP contribution is 2.18. The summed E-state index contributed by atoms with van der Waals surface area (Å²) in [4.78, 5) is 34.4. The molecular formula is C11H12F2N4O3. The van der Waals surface area contributed by atoms with Gasteiger partial charge in [0.2, 0.25) is 11.8 Å². The van der Waals surface area contributed by atoms with Gasteiger partial charge >= 0.3 is 0 Å². The van der Waals surface area contributed by atoms with Gasteiger partial charge in [-0.15, -0.1) is 0 Å². The Morgan fingerprint density at radius 2 is 1.45 bits per heavy atom. The van der Waals surface area contributed by atoms with Gasteiger partial charge in [-0.1, -0.05) is 0 Å². The fraction of sp³-hybridized carbons (Fsp3) is 0.182. The number of nitrogens with zero attached hydrogens (tertiary/aromatic N) is 1. The van der Waals surface area contributed by atoms with E-state index >= 15 is 0 Å². The van der Waals surface area contributed by atoms with Crippen molar-refractivity contribution in [2.75, 3.05) is 18.8 Å². The van der Waals surface area contributed by atoms with Crippen LogP contribution in [0.5, 0.6) is 0 Å². The van der Waals surface area contributed by atoms with Crippen molar-refractivity contribution in [1.82, 2.24) is 4.90 Å². The van der Waals surface area contributed by atoms with E-state index in [4.69, 9.17) is 17.2 Å². The molecule has 0 aliphatic heterocycles. The number of hydrogen-bond acceptors (Lipinski definition) is 4. The van der Waals surface area contributed by atoms with Crippen molar-refractivity contribution in [1.29, 1.82) is 0 Å². The van der Waals surface area contributed by atoms with E-state index in [0.717, 1.165) is 0 Å². The summed E-state index contributed by atoms with van der Waals surface area (Å²) in [7, 11) is 0. The number of hydrogen-bond donors (Lipinski definition) is 3. The molecule has 0 bridgehead atoms. The van der Waals surface area contributed by atoms with E-state index in [1.54, 1.807) is 0 Å². The Morgan fingerprint density at radius 1 is 1.00 bits per heavy atom. The standard InChI is InChI=1S/C11H12F2N4O3/c12-6-1-5(8(14)2-7(6)13)11(20)17(3-9(15)18)4-10(16)19/h1-2H,3-4,14H2,(H2,15,18)(H2,16,19). The third kappa shape index (κ3) is 3.64. The molecule has 0 spiro atoms. The van der Waals surface area contributed by atoms with Gasteiger partial charge in [-0.3, -0.25) is 14.4 Å². The Labute approximate surface area is 112 Å². The molecule has 0 atom stereocenters. The first-order valence-electron chi connectivity index (χ1n) is 5.32. The molecule has 1 rings (SSSR count). The van der Waals surface area contributed by atoms with Gasteiger partial charge in [0, 0.05) is 11.8 Å². The zero-order valence-corrected chi connectivity index (χ0v) is 10.2. The lowest BCUT2D eigenvalue weighted by Gasteiger charge is -2.20. The van der Waals surface area contributed by atoms with E-state index in [2.05, 4.69) is 0 Å². The van der Waals surface area contributed by atoms with Gasteiger partial charge in [-0.25, -0.2) is 8.78 Å². The summed E-state index contributed by atoms with van der Waals surface area (Å²) in [6.07, 6.45) is 0. The fourth-order valence-electron chi connectivity index (χ4n) is 1.49. The monoisotopic (exact) mass is 286 g/mol. The van der Waals surface area contributed by atoms with Gasteiger partial charge in [0.25, 0.3) is 5.91 Å². The SMILES string of the molecule is NC(=O)CN(CC(N)=O)C(=O)c1cc(F)c(F)cc1N. The zero-order valence-electron chi connectivity index (χ0n) is 10.2. The average Bonchev–Trinajstić information content (AvgIpc) is 2.31. The highest BCUT2D eigenvalue weighted by atomic mass is 19.2. The third-order valence-electron chi connectivity index (χ3n) is 2.30. The summed E-state index contributed by atoms with van der Waals surface area (Å²) < 4.78 is 26.0. The summed E-state index contributed by atoms with van der Waals surface area (Å²) in [5.41, 5.74) is 14.5. The Balaban J connectivity index is 3.14. The Bertz CT molecular complexity index is 561. The van der Waals surface area contributed by atoms with E-state index in [9.17, 15) is 23.2 Å². The van der Waals surface area contributed by atoms with Crippen molar-refractivity contribution in [2.45, 2.75) is 0 Å². The minimum atomic E-state index is -1.29. The van der Waals surface area contributed by atoms with Gasteiger partial charge in [0.1, 0.15) is 13.1 Å². The zero-order chi connectivity index (χ0) is 15.4. The van der Waals surface area contributed by atoms with Crippen LogP contribution in [-0.2, 0) is 9.59 Å². The van der Waals surface area contributed by atoms with E-state index < -0.39 is 48.0 Å². The van der Waals surface area contributed by atoms with Crippen molar-refractivity contribution in [3.05, 3.63) is 29.3 Å². The van der Waals surface area contributed by atoms with Gasteiger partial charge in [0.05, 0.1) is 5.56 Å². The van der Waals surface area contributed by atoms with Crippen molar-refractivity contribution >= 4 is 23.4 Å². The van der Waals surface area contributed by atoms with Crippen LogP contribution < -0.4 is 17.2 Å². The molecule has 0 aliphatic carbocycles. The third-order valence-corrected chi connectivity index (χ3v) is 2.30. The second kappa shape index (κ2) is 5.95. The van der Waals surface area contributed by atoms with Gasteiger partial charge in [-0.2, -0.15) is 0 Å². The minimum absolute atomic E-state index is 0.340. The number of halogens is 2. The predicted molar refractivity (Wildman–Crippen MR) is 65.1 cm³/mol. The highest BCUT2D eigenvalue weighted by Gasteiger charge is 2.23. The Morgan fingerprint density at radius 3 is 1.90 bits per heavy atom. The second-order valence-corrected chi connectivity index (χ2v) is 3.95. The van der Waals surface area contributed by atoms with Crippen LogP contribution in [0.25, 0.3) is 0 Å². The molecule has 0 aliphatic rings. The average molecular weight is 286 g/mol. The van der Waals surface area contributed by atoms with E-state index in [1.165, 1.54) is 0 Å². The normalized spacial score (nSPS) is 10.1. The van der Waals surface area contributed by atoms with Crippen LogP contribution in [0.3, 0.4) is 0 Å². The lowest BCUT2D eigenvalue weighted by atomic mass is 10.1. The van der Waals surface area contributed by atoms with Crippen molar-refractivity contribution in [2.24, 2.45) is 11.5 Å². The van der Waals surface area contributed by atoms with Crippen LogP contribution in [0, 0.1) is 11.6 Å². The Hall–Kier alpha value is -2.71. The molecule has 20 heavy (non-hydrogen) atoms. The predicted octanol–water partition coefficient (Wildman–Crippen LogP) is -1.04. The number of benzene rings is 1. The molecule has 0 fully saturated rings. The van der Waals surface area contributed by atoms with E-state index in [0.29, 0.717) is 17.0 Å². The number of nitrogen functional groups attached to an aromatic ring is 1. The number of anilines is 1. The number of carbonyl (C=O) groups is 3. The smallest absolute Gasteiger partial charge is 0.256 e. The number of amides is 3. The van der Waals surface area contributed by atoms with Crippen LogP contribution in [0.4, 0.5) is 14.5 Å². The van der Waals surface area contributed by atoms with Crippen LogP contribution >= 0.6 is 0 Å². The first-order valence-corrected chi connectivity index (χ1v) is 5.32. The first-order chi connectivity index (χ1) is 9.22. The van der Waals surface area contributed by atoms with Crippen LogP contribution in [0.15, 0.2) is 12.1 Å². The molecule has 0 radical (unpaired) electrons. The van der Waals surface area contributed by atoms with Gasteiger partial charge < -0.3 is 22.1 Å². The molecule has 0 saturated carbocycles. The molecule has 108 valence electrons. The summed E-state index contributed by atoms with van der Waals surface area (Å²) >= 11 is 0. The maximum Gasteiger partial charge on any atom is 0.256 e. The summed E-state index contributed by atoms with van der Waals surface area (Å²) in [6.45, 7) is -1.22. The molecule has 7 nitrogen and oxygen atoms in total. The number of nitrogens with two attached hydrogens (primary N) is 3. The number of primary amides is 2. The number of carbonyl (C=O) groups excluding carboxylic acids is 3. The molecule has 6 N–H and O–H groups in total. The lowest BCUT2D eigenvalue weighted by molar-refractivity contribution is -0.121. The molecule has 3 amide bonds. The van der Waals surface area contributed by atoms with Crippen LogP contribution in [0.2, 0.25) is 0 Å². The highest BCUT2D eigenvalue weighted by molar-refractivity contribution is 6.02. The molecule has 0 heterocycles. The molecule has 0 unspecified atom stereocenters. The molecule has 9 heteroatoms. The quantitative estimate of drug-likeness (QED) is 0.596. The Kier molecular flexibility index (Phi) is 4.57. The van der Waals surface area contributed by atoms with E-state index in [-0.39, 0.29) is 5.69 Å². The fourth-order valence-corrected chi connectivity index (χ4v) is 1.49.